The lowest BCUT2D eigenvalue weighted by atomic mass is 10.1. The first-order chi connectivity index (χ1) is 11.2. The van der Waals surface area contributed by atoms with Crippen molar-refractivity contribution in [3.05, 3.63) is 59.4 Å². The molecule has 2 aromatic carbocycles. The second-order valence-corrected chi connectivity index (χ2v) is 5.72. The van der Waals surface area contributed by atoms with E-state index in [2.05, 4.69) is 15.4 Å². The van der Waals surface area contributed by atoms with Crippen molar-refractivity contribution in [2.45, 2.75) is 18.9 Å². The summed E-state index contributed by atoms with van der Waals surface area (Å²) < 4.78 is 19.1. The van der Waals surface area contributed by atoms with Crippen molar-refractivity contribution in [2.24, 2.45) is 5.92 Å². The van der Waals surface area contributed by atoms with E-state index in [9.17, 15) is 9.18 Å². The zero-order chi connectivity index (χ0) is 15.8. The minimum Gasteiger partial charge on any atom is -0.461 e. The van der Waals surface area contributed by atoms with Gasteiger partial charge >= 0.3 is 5.97 Å². The minimum atomic E-state index is -0.279. The topological polar surface area (TPSA) is 67.9 Å². The Morgan fingerprint density at radius 2 is 2.04 bits per heavy atom. The number of hydrogen-bond donors (Lipinski definition) is 1. The van der Waals surface area contributed by atoms with Gasteiger partial charge in [0.15, 0.2) is 0 Å². The molecule has 1 aliphatic carbocycles. The molecule has 6 heteroatoms. The molecule has 0 aliphatic heterocycles. The number of benzene rings is 2. The fourth-order valence-corrected chi connectivity index (χ4v) is 2.81. The summed E-state index contributed by atoms with van der Waals surface area (Å²) in [6, 6.07) is 12.1. The molecule has 0 amide bonds. The van der Waals surface area contributed by atoms with E-state index in [1.165, 1.54) is 6.07 Å². The second-order valence-electron chi connectivity index (χ2n) is 5.72. The zero-order valence-electron chi connectivity index (χ0n) is 12.2. The highest BCUT2D eigenvalue weighted by atomic mass is 19.1. The molecule has 0 bridgehead atoms. The Hall–Kier alpha value is -2.76. The van der Waals surface area contributed by atoms with Crippen molar-refractivity contribution in [1.29, 1.82) is 0 Å². The number of carbonyl (C=O) groups excluding carboxylic acids is 1. The maximum Gasteiger partial charge on any atom is 0.309 e. The van der Waals surface area contributed by atoms with Crippen LogP contribution < -0.4 is 0 Å². The molecule has 116 valence electrons. The molecule has 1 saturated carbocycles. The third kappa shape index (κ3) is 2.67. The Morgan fingerprint density at radius 3 is 2.91 bits per heavy atom. The Morgan fingerprint density at radius 1 is 1.22 bits per heavy atom. The molecule has 2 atom stereocenters. The molecule has 1 aliphatic rings. The predicted octanol–water partition coefficient (Wildman–Crippen LogP) is 2.94. The first-order valence-electron chi connectivity index (χ1n) is 7.43. The lowest BCUT2D eigenvalue weighted by Crippen LogP contribution is -2.08. The number of nitrogens with one attached hydrogen (secondary N) is 1. The van der Waals surface area contributed by atoms with Gasteiger partial charge in [0.05, 0.1) is 5.92 Å². The monoisotopic (exact) mass is 311 g/mol. The van der Waals surface area contributed by atoms with Crippen molar-refractivity contribution in [3.63, 3.8) is 0 Å². The number of aromatic amines is 1. The van der Waals surface area contributed by atoms with Crippen LogP contribution in [0.1, 0.15) is 23.5 Å². The molecule has 4 rings (SSSR count). The van der Waals surface area contributed by atoms with E-state index in [1.54, 1.807) is 18.2 Å². The molecule has 0 spiro atoms. The smallest absolute Gasteiger partial charge is 0.309 e. The first kappa shape index (κ1) is 13.9. The van der Waals surface area contributed by atoms with Crippen LogP contribution in [-0.2, 0) is 16.1 Å². The van der Waals surface area contributed by atoms with Gasteiger partial charge < -0.3 is 4.74 Å². The van der Waals surface area contributed by atoms with Crippen molar-refractivity contribution in [2.75, 3.05) is 0 Å². The highest BCUT2D eigenvalue weighted by Gasteiger charge is 2.46. The fraction of sp³-hybridized carbons (Fsp3) is 0.235. The largest absolute Gasteiger partial charge is 0.461 e. The van der Waals surface area contributed by atoms with Gasteiger partial charge in [-0.05, 0) is 35.7 Å². The number of fused-ring (bicyclic) bond motifs is 1. The molecular formula is C17H14FN3O2. The molecule has 0 saturated heterocycles. The summed E-state index contributed by atoms with van der Waals surface area (Å²) >= 11 is 0. The summed E-state index contributed by atoms with van der Waals surface area (Å²) in [7, 11) is 0. The average Bonchev–Trinajstić information content (AvgIpc) is 3.22. The van der Waals surface area contributed by atoms with Gasteiger partial charge in [0, 0.05) is 5.92 Å². The van der Waals surface area contributed by atoms with Gasteiger partial charge in [-0.3, -0.25) is 4.79 Å². The zero-order valence-corrected chi connectivity index (χ0v) is 12.2. The van der Waals surface area contributed by atoms with Gasteiger partial charge in [-0.15, -0.1) is 0 Å². The van der Waals surface area contributed by atoms with Crippen molar-refractivity contribution >= 4 is 17.0 Å². The molecule has 23 heavy (non-hydrogen) atoms. The van der Waals surface area contributed by atoms with Crippen LogP contribution in [0.4, 0.5) is 4.39 Å². The van der Waals surface area contributed by atoms with Crippen LogP contribution in [0.3, 0.4) is 0 Å². The van der Waals surface area contributed by atoms with Crippen LogP contribution >= 0.6 is 0 Å². The third-order valence-electron chi connectivity index (χ3n) is 4.16. The third-order valence-corrected chi connectivity index (χ3v) is 4.16. The molecule has 5 nitrogen and oxygen atoms in total. The molecule has 3 aromatic rings. The SMILES string of the molecule is O=C(OCc1ccc2n[nH]nc2c1)C1CC1c1ccccc1F. The number of nitrogens with zero attached hydrogens (tertiary/aromatic N) is 2. The molecule has 2 unspecified atom stereocenters. The lowest BCUT2D eigenvalue weighted by molar-refractivity contribution is -0.146. The molecule has 1 aromatic heterocycles. The summed E-state index contributed by atoms with van der Waals surface area (Å²) in [6.07, 6.45) is 0.641. The molecule has 1 heterocycles. The maximum absolute atomic E-state index is 13.7. The van der Waals surface area contributed by atoms with E-state index in [4.69, 9.17) is 4.74 Å². The quantitative estimate of drug-likeness (QED) is 0.752. The van der Waals surface area contributed by atoms with Gasteiger partial charge in [-0.1, -0.05) is 24.3 Å². The summed E-state index contributed by atoms with van der Waals surface area (Å²) in [5.74, 6) is -0.854. The highest BCUT2D eigenvalue weighted by Crippen LogP contribution is 2.48. The Kier molecular flexibility index (Phi) is 3.29. The van der Waals surface area contributed by atoms with E-state index in [-0.39, 0.29) is 30.2 Å². The first-order valence-corrected chi connectivity index (χ1v) is 7.43. The number of ether oxygens (including phenoxy) is 1. The van der Waals surface area contributed by atoms with Crippen molar-refractivity contribution < 1.29 is 13.9 Å². The number of halogens is 1. The van der Waals surface area contributed by atoms with E-state index in [0.29, 0.717) is 12.0 Å². The Bertz CT molecular complexity index is 877. The van der Waals surface area contributed by atoms with Crippen LogP contribution in [0.2, 0.25) is 0 Å². The number of hydrogen-bond acceptors (Lipinski definition) is 4. The van der Waals surface area contributed by atoms with Gasteiger partial charge in [0.25, 0.3) is 0 Å². The number of H-pyrrole nitrogens is 1. The Balaban J connectivity index is 1.38. The van der Waals surface area contributed by atoms with Crippen LogP contribution in [0, 0.1) is 11.7 Å². The highest BCUT2D eigenvalue weighted by molar-refractivity contribution is 5.78. The predicted molar refractivity (Wildman–Crippen MR) is 80.9 cm³/mol. The number of aromatic nitrogens is 3. The number of rotatable bonds is 4. The van der Waals surface area contributed by atoms with Crippen LogP contribution in [0.5, 0.6) is 0 Å². The van der Waals surface area contributed by atoms with Crippen LogP contribution in [0.15, 0.2) is 42.5 Å². The standard InChI is InChI=1S/C17H14FN3O2/c18-14-4-2-1-3-11(14)12-8-13(12)17(22)23-9-10-5-6-15-16(7-10)20-21-19-15/h1-7,12-13H,8-9H2,(H,19,20,21). The van der Waals surface area contributed by atoms with E-state index < -0.39 is 0 Å². The molecule has 1 N–H and O–H groups in total. The second kappa shape index (κ2) is 5.46. The summed E-state index contributed by atoms with van der Waals surface area (Å²) in [5.41, 5.74) is 2.94. The molecule has 1 fully saturated rings. The van der Waals surface area contributed by atoms with Gasteiger partial charge in [-0.2, -0.15) is 15.4 Å². The number of carbonyl (C=O) groups is 1. The van der Waals surface area contributed by atoms with Crippen LogP contribution in [0.25, 0.3) is 11.0 Å². The van der Waals surface area contributed by atoms with E-state index in [0.717, 1.165) is 16.6 Å². The number of esters is 1. The Labute approximate surface area is 131 Å². The molecule has 0 radical (unpaired) electrons. The lowest BCUT2D eigenvalue weighted by Gasteiger charge is -2.05. The van der Waals surface area contributed by atoms with Crippen molar-refractivity contribution in [1.82, 2.24) is 15.4 Å². The van der Waals surface area contributed by atoms with Gasteiger partial charge in [-0.25, -0.2) is 4.39 Å². The summed E-state index contributed by atoms with van der Waals surface area (Å²) in [4.78, 5) is 12.1. The van der Waals surface area contributed by atoms with Gasteiger partial charge in [0.1, 0.15) is 23.5 Å². The minimum absolute atomic E-state index is 0.0679. The average molecular weight is 311 g/mol. The maximum atomic E-state index is 13.7. The van der Waals surface area contributed by atoms with Crippen LogP contribution in [-0.4, -0.2) is 21.4 Å². The summed E-state index contributed by atoms with van der Waals surface area (Å²) in [5, 5.41) is 10.5. The van der Waals surface area contributed by atoms with E-state index in [1.807, 2.05) is 18.2 Å². The summed E-state index contributed by atoms with van der Waals surface area (Å²) in [6.45, 7) is 0.183. The van der Waals surface area contributed by atoms with E-state index >= 15 is 0 Å². The molecular weight excluding hydrogens is 297 g/mol. The van der Waals surface area contributed by atoms with Gasteiger partial charge in [0.2, 0.25) is 0 Å². The fourth-order valence-electron chi connectivity index (χ4n) is 2.81. The van der Waals surface area contributed by atoms with Crippen molar-refractivity contribution in [3.8, 4) is 0 Å². The normalized spacial score (nSPS) is 19.7.